The SMILES string of the molecule is CCC1C[C@]1(NC(=O)[C@@H]1C[C@@H]2CN1C(=O)[C@H](C1CCCC1)NC(=O)OCC(C)(C)CCCc1cc3c(cc(OCc4csc(C)n4)nc3cc1OC)O2)C(=O)NCCC1CC1. The maximum Gasteiger partial charge on any atom is 0.407 e. The molecule has 14 nitrogen and oxygen atoms in total. The summed E-state index contributed by atoms with van der Waals surface area (Å²) in [4.78, 5) is 68.0. The molecule has 4 heterocycles. The van der Waals surface area contributed by atoms with Crippen molar-refractivity contribution in [1.29, 1.82) is 0 Å². The second-order valence-corrected chi connectivity index (χ2v) is 19.8. The first-order chi connectivity index (χ1) is 29.3. The molecule has 4 amide bonds. The first kappa shape index (κ1) is 43.0. The first-order valence-corrected chi connectivity index (χ1v) is 23.3. The lowest BCUT2D eigenvalue weighted by molar-refractivity contribution is -0.142. The van der Waals surface area contributed by atoms with Crippen molar-refractivity contribution in [3.63, 3.8) is 0 Å². The average molecular weight is 859 g/mol. The Morgan fingerprint density at radius 1 is 1.08 bits per heavy atom. The first-order valence-electron chi connectivity index (χ1n) is 22.4. The molecule has 3 aliphatic carbocycles. The van der Waals surface area contributed by atoms with Gasteiger partial charge in [0.2, 0.25) is 23.6 Å². The van der Waals surface area contributed by atoms with E-state index in [9.17, 15) is 19.2 Å². The molecule has 4 bridgehead atoms. The number of hydrogen-bond donors (Lipinski definition) is 3. The number of carbonyl (C=O) groups excluding carboxylic acids is 4. The van der Waals surface area contributed by atoms with Crippen LogP contribution >= 0.6 is 11.3 Å². The summed E-state index contributed by atoms with van der Waals surface area (Å²) in [6.07, 6.45) is 9.19. The molecule has 0 spiro atoms. The van der Waals surface area contributed by atoms with Gasteiger partial charge in [-0.2, -0.15) is 0 Å². The molecule has 5 atom stereocenters. The summed E-state index contributed by atoms with van der Waals surface area (Å²) in [7, 11) is 1.64. The Balaban J connectivity index is 1.15. The maximum absolute atomic E-state index is 15.0. The summed E-state index contributed by atoms with van der Waals surface area (Å²) in [5.74, 6) is 1.15. The number of ether oxygens (including phenoxy) is 4. The smallest absolute Gasteiger partial charge is 0.407 e. The summed E-state index contributed by atoms with van der Waals surface area (Å²) < 4.78 is 24.9. The normalized spacial score (nSPS) is 26.8. The zero-order valence-electron chi connectivity index (χ0n) is 36.3. The van der Waals surface area contributed by atoms with Crippen molar-refractivity contribution >= 4 is 46.1 Å². The van der Waals surface area contributed by atoms with Crippen molar-refractivity contribution in [3.8, 4) is 17.4 Å². The van der Waals surface area contributed by atoms with Gasteiger partial charge < -0.3 is 39.8 Å². The van der Waals surface area contributed by atoms with Crippen LogP contribution in [0.3, 0.4) is 0 Å². The number of aromatic nitrogens is 2. The molecule has 15 heteroatoms. The number of benzene rings is 1. The highest BCUT2D eigenvalue weighted by atomic mass is 32.1. The third-order valence-electron chi connectivity index (χ3n) is 13.5. The van der Waals surface area contributed by atoms with E-state index in [0.29, 0.717) is 48.2 Å². The van der Waals surface area contributed by atoms with E-state index in [2.05, 4.69) is 34.8 Å². The largest absolute Gasteiger partial charge is 0.496 e. The van der Waals surface area contributed by atoms with Crippen LogP contribution in [0.4, 0.5) is 4.79 Å². The standard InChI is InChI=1S/C46H62N6O8S/c1-6-31-22-46(31,43(55)47-17-15-28-13-14-28)51-41(53)36-19-33-23-52(36)42(54)40(29-10-7-8-11-29)50-44(56)59-26-45(3,4)16-9-12-30-18-34-35(20-37(30)57-5)49-39(21-38(34)60-33)58-24-32-25-61-27(2)48-32/h18,20-21,25,28-29,31,33,36,40H,6-17,19,22-24,26H2,1-5H3,(H,47,55)(H,50,56)(H,51,53)/t31?,33-,36+,40+,46-/m1/s1. The molecule has 330 valence electrons. The van der Waals surface area contributed by atoms with Gasteiger partial charge in [-0.05, 0) is 86.7 Å². The van der Waals surface area contributed by atoms with E-state index in [1.807, 2.05) is 31.4 Å². The number of fused-ring (bicyclic) bond motifs is 3. The highest BCUT2D eigenvalue weighted by Crippen LogP contribution is 2.47. The lowest BCUT2D eigenvalue weighted by atomic mass is 9.87. The lowest BCUT2D eigenvalue weighted by Crippen LogP contribution is -2.59. The number of rotatable bonds is 12. The summed E-state index contributed by atoms with van der Waals surface area (Å²) >= 11 is 1.55. The molecule has 1 saturated heterocycles. The number of nitrogens with one attached hydrogen (secondary N) is 3. The molecular weight excluding hydrogens is 797 g/mol. The van der Waals surface area contributed by atoms with Crippen molar-refractivity contribution in [2.45, 2.75) is 141 Å². The summed E-state index contributed by atoms with van der Waals surface area (Å²) in [5, 5.41) is 12.9. The van der Waals surface area contributed by atoms with E-state index in [0.717, 1.165) is 73.0 Å². The minimum absolute atomic E-state index is 0.00877. The molecule has 8 rings (SSSR count). The van der Waals surface area contributed by atoms with E-state index in [-0.39, 0.29) is 55.2 Å². The van der Waals surface area contributed by atoms with Crippen LogP contribution < -0.4 is 30.2 Å². The molecule has 1 aromatic carbocycles. The number of carbonyl (C=O) groups is 4. The second-order valence-electron chi connectivity index (χ2n) is 18.8. The third-order valence-corrected chi connectivity index (χ3v) is 14.3. The van der Waals surface area contributed by atoms with E-state index in [1.165, 1.54) is 12.8 Å². The topological polar surface area (TPSA) is 170 Å². The van der Waals surface area contributed by atoms with Crippen LogP contribution in [0.25, 0.3) is 10.9 Å². The average Bonchev–Trinajstić information content (AvgIpc) is 3.97. The Morgan fingerprint density at radius 3 is 2.59 bits per heavy atom. The number of cyclic esters (lactones) is 1. The van der Waals surface area contributed by atoms with Crippen LogP contribution in [0.5, 0.6) is 17.4 Å². The molecule has 5 aliphatic rings. The quantitative estimate of drug-likeness (QED) is 0.176. The molecule has 3 aromatic rings. The Morgan fingerprint density at radius 2 is 1.89 bits per heavy atom. The van der Waals surface area contributed by atoms with Crippen molar-refractivity contribution in [1.82, 2.24) is 30.8 Å². The minimum atomic E-state index is -1.03. The summed E-state index contributed by atoms with van der Waals surface area (Å²) in [5.41, 5.74) is 0.999. The highest BCUT2D eigenvalue weighted by Gasteiger charge is 2.61. The molecule has 3 saturated carbocycles. The third kappa shape index (κ3) is 9.86. The van der Waals surface area contributed by atoms with E-state index < -0.39 is 35.7 Å². The van der Waals surface area contributed by atoms with Gasteiger partial charge in [-0.3, -0.25) is 14.4 Å². The molecular formula is C46H62N6O8S. The van der Waals surface area contributed by atoms with Crippen LogP contribution in [0, 0.1) is 30.1 Å². The lowest BCUT2D eigenvalue weighted by Gasteiger charge is -2.32. The molecule has 3 N–H and O–H groups in total. The Bertz CT molecular complexity index is 2120. The fourth-order valence-corrected chi connectivity index (χ4v) is 10.3. The Kier molecular flexibility index (Phi) is 12.7. The number of hydrogen-bond acceptors (Lipinski definition) is 11. The number of amides is 4. The summed E-state index contributed by atoms with van der Waals surface area (Å²) in [6.45, 7) is 9.16. The van der Waals surface area contributed by atoms with Crippen molar-refractivity contribution < 1.29 is 38.1 Å². The van der Waals surface area contributed by atoms with E-state index >= 15 is 0 Å². The predicted octanol–water partition coefficient (Wildman–Crippen LogP) is 6.78. The molecule has 1 unspecified atom stereocenters. The van der Waals surface area contributed by atoms with Crippen LogP contribution in [0.2, 0.25) is 0 Å². The van der Waals surface area contributed by atoms with Gasteiger partial charge in [0.05, 0.1) is 36.5 Å². The fourth-order valence-electron chi connectivity index (χ4n) is 9.66. The number of pyridine rings is 1. The zero-order valence-corrected chi connectivity index (χ0v) is 37.1. The molecule has 2 aliphatic heterocycles. The monoisotopic (exact) mass is 858 g/mol. The van der Waals surface area contributed by atoms with Gasteiger partial charge >= 0.3 is 6.09 Å². The molecule has 0 radical (unpaired) electrons. The van der Waals surface area contributed by atoms with Gasteiger partial charge in [0, 0.05) is 35.9 Å². The Labute approximate surface area is 362 Å². The maximum atomic E-state index is 15.0. The zero-order chi connectivity index (χ0) is 42.9. The van der Waals surface area contributed by atoms with Gasteiger partial charge in [0.25, 0.3) is 0 Å². The van der Waals surface area contributed by atoms with Gasteiger partial charge in [0.15, 0.2) is 0 Å². The summed E-state index contributed by atoms with van der Waals surface area (Å²) in [6, 6.07) is 3.87. The molecule has 61 heavy (non-hydrogen) atoms. The van der Waals surface area contributed by atoms with Crippen LogP contribution in [-0.2, 0) is 32.1 Å². The predicted molar refractivity (Wildman–Crippen MR) is 231 cm³/mol. The number of alkyl carbamates (subject to hydrolysis) is 1. The van der Waals surface area contributed by atoms with Crippen LogP contribution in [0.1, 0.15) is 114 Å². The van der Waals surface area contributed by atoms with Gasteiger partial charge in [0.1, 0.15) is 41.8 Å². The fraction of sp³-hybridized carbons (Fsp3) is 0.652. The highest BCUT2D eigenvalue weighted by molar-refractivity contribution is 7.09. The van der Waals surface area contributed by atoms with Crippen molar-refractivity contribution in [2.24, 2.45) is 23.2 Å². The van der Waals surface area contributed by atoms with Crippen molar-refractivity contribution in [3.05, 3.63) is 39.8 Å². The van der Waals surface area contributed by atoms with Crippen LogP contribution in [0.15, 0.2) is 23.6 Å². The number of thiazole rings is 1. The number of aryl methyl sites for hydroxylation is 2. The van der Waals surface area contributed by atoms with Gasteiger partial charge in [-0.1, -0.05) is 52.9 Å². The number of methoxy groups -OCH3 is 1. The molecule has 4 fully saturated rings. The minimum Gasteiger partial charge on any atom is -0.496 e. The molecule has 2 aromatic heterocycles. The van der Waals surface area contributed by atoms with E-state index in [1.54, 1.807) is 29.4 Å². The van der Waals surface area contributed by atoms with Crippen LogP contribution in [-0.4, -0.2) is 89.2 Å². The van der Waals surface area contributed by atoms with Gasteiger partial charge in [-0.25, -0.2) is 14.8 Å². The van der Waals surface area contributed by atoms with Crippen molar-refractivity contribution in [2.75, 3.05) is 26.8 Å². The van der Waals surface area contributed by atoms with Gasteiger partial charge in [-0.15, -0.1) is 11.3 Å². The second kappa shape index (κ2) is 18.0. The number of nitrogens with zero attached hydrogens (tertiary/aromatic N) is 3. The van der Waals surface area contributed by atoms with E-state index in [4.69, 9.17) is 23.9 Å². The Hall–Kier alpha value is -4.66.